The maximum absolute atomic E-state index is 11.8. The molecule has 0 aliphatic carbocycles. The van der Waals surface area contributed by atoms with E-state index in [1.54, 1.807) is 30.5 Å². The minimum atomic E-state index is -0.992. The molecule has 0 bridgehead atoms. The van der Waals surface area contributed by atoms with Crippen molar-refractivity contribution in [2.24, 2.45) is 0 Å². The number of pyridine rings is 1. The minimum absolute atomic E-state index is 0.196. The molecular formula is C20H20N4O3S. The highest BCUT2D eigenvalue weighted by atomic mass is 32.1. The Morgan fingerprint density at radius 3 is 2.68 bits per heavy atom. The van der Waals surface area contributed by atoms with Crippen LogP contribution in [0.1, 0.15) is 29.9 Å². The average Bonchev–Trinajstić information content (AvgIpc) is 3.17. The molecule has 2 heterocycles. The van der Waals surface area contributed by atoms with Gasteiger partial charge in [0, 0.05) is 29.2 Å². The summed E-state index contributed by atoms with van der Waals surface area (Å²) in [5, 5.41) is 17.4. The number of rotatable bonds is 6. The molecule has 0 spiro atoms. The first-order valence-electron chi connectivity index (χ1n) is 8.85. The molecule has 3 rings (SSSR count). The highest BCUT2D eigenvalue weighted by Gasteiger charge is 2.15. The zero-order valence-electron chi connectivity index (χ0n) is 15.5. The number of aryl methyl sites for hydroxylation is 1. The predicted octanol–water partition coefficient (Wildman–Crippen LogP) is 4.27. The van der Waals surface area contributed by atoms with Crippen molar-refractivity contribution in [3.63, 3.8) is 0 Å². The average molecular weight is 396 g/mol. The van der Waals surface area contributed by atoms with E-state index in [0.717, 1.165) is 33.8 Å². The van der Waals surface area contributed by atoms with Gasteiger partial charge in [0.05, 0.1) is 11.3 Å². The maximum Gasteiger partial charge on any atom is 0.335 e. The number of aromatic carboxylic acids is 1. The molecule has 8 heteroatoms. The molecule has 0 radical (unpaired) electrons. The van der Waals surface area contributed by atoms with Crippen LogP contribution in [0, 0.1) is 0 Å². The molecule has 0 unspecified atom stereocenters. The summed E-state index contributed by atoms with van der Waals surface area (Å²) in [6.07, 6.45) is 2.44. The van der Waals surface area contributed by atoms with E-state index in [0.29, 0.717) is 12.4 Å². The molecule has 0 saturated heterocycles. The number of thiazole rings is 1. The number of carboxylic acid groups (broad SMARTS) is 1. The number of nitrogens with one attached hydrogen (secondary N) is 2. The standard InChI is InChI=1S/C20H20N4O3S/c1-3-14-11-28-18(23-14)15-9-17(24-20(27)21-4-2)22-10-16(15)12-6-5-7-13(8-12)19(25)26/h5-11H,3-4H2,1-2H3,(H,25,26)(H2,21,22,24,27). The lowest BCUT2D eigenvalue weighted by Crippen LogP contribution is -2.28. The number of amides is 2. The van der Waals surface area contributed by atoms with E-state index in [-0.39, 0.29) is 11.6 Å². The van der Waals surface area contributed by atoms with Crippen LogP contribution in [0.25, 0.3) is 21.7 Å². The van der Waals surface area contributed by atoms with Gasteiger partial charge in [-0.15, -0.1) is 11.3 Å². The molecule has 1 aromatic carbocycles. The highest BCUT2D eigenvalue weighted by Crippen LogP contribution is 2.35. The molecule has 2 aromatic heterocycles. The van der Waals surface area contributed by atoms with Crippen LogP contribution in [0.4, 0.5) is 10.6 Å². The van der Waals surface area contributed by atoms with Gasteiger partial charge in [-0.1, -0.05) is 19.1 Å². The number of carbonyl (C=O) groups excluding carboxylic acids is 1. The number of hydrogen-bond donors (Lipinski definition) is 3. The van der Waals surface area contributed by atoms with E-state index < -0.39 is 5.97 Å². The Balaban J connectivity index is 2.09. The number of urea groups is 1. The fourth-order valence-corrected chi connectivity index (χ4v) is 3.60. The predicted molar refractivity (Wildman–Crippen MR) is 110 cm³/mol. The second-order valence-electron chi connectivity index (χ2n) is 5.98. The Morgan fingerprint density at radius 1 is 1.18 bits per heavy atom. The molecule has 3 aromatic rings. The minimum Gasteiger partial charge on any atom is -0.478 e. The zero-order chi connectivity index (χ0) is 20.1. The van der Waals surface area contributed by atoms with Gasteiger partial charge in [0.2, 0.25) is 0 Å². The fourth-order valence-electron chi connectivity index (χ4n) is 2.66. The molecule has 0 aliphatic heterocycles. The van der Waals surface area contributed by atoms with Crippen LogP contribution in [0.15, 0.2) is 41.9 Å². The van der Waals surface area contributed by atoms with Gasteiger partial charge < -0.3 is 10.4 Å². The van der Waals surface area contributed by atoms with Gasteiger partial charge in [-0.2, -0.15) is 0 Å². The fraction of sp³-hybridized carbons (Fsp3) is 0.200. The van der Waals surface area contributed by atoms with Gasteiger partial charge >= 0.3 is 12.0 Å². The second kappa shape index (κ2) is 8.62. The van der Waals surface area contributed by atoms with Crippen molar-refractivity contribution in [3.8, 4) is 21.7 Å². The van der Waals surface area contributed by atoms with Crippen molar-refractivity contribution in [3.05, 3.63) is 53.2 Å². The first-order chi connectivity index (χ1) is 13.5. The quantitative estimate of drug-likeness (QED) is 0.577. The van der Waals surface area contributed by atoms with Crippen LogP contribution in [0.2, 0.25) is 0 Å². The number of anilines is 1. The zero-order valence-corrected chi connectivity index (χ0v) is 16.3. The maximum atomic E-state index is 11.8. The smallest absolute Gasteiger partial charge is 0.335 e. The van der Waals surface area contributed by atoms with Gasteiger partial charge in [0.1, 0.15) is 10.8 Å². The van der Waals surface area contributed by atoms with Crippen LogP contribution < -0.4 is 10.6 Å². The van der Waals surface area contributed by atoms with Gasteiger partial charge in [-0.25, -0.2) is 19.6 Å². The number of aromatic nitrogens is 2. The Bertz CT molecular complexity index is 1020. The molecule has 28 heavy (non-hydrogen) atoms. The van der Waals surface area contributed by atoms with Crippen LogP contribution >= 0.6 is 11.3 Å². The number of nitrogens with zero attached hydrogens (tertiary/aromatic N) is 2. The van der Waals surface area contributed by atoms with Gasteiger partial charge in [-0.05, 0) is 37.1 Å². The largest absolute Gasteiger partial charge is 0.478 e. The summed E-state index contributed by atoms with van der Waals surface area (Å²) < 4.78 is 0. The van der Waals surface area contributed by atoms with E-state index in [1.165, 1.54) is 11.3 Å². The van der Waals surface area contributed by atoms with E-state index in [9.17, 15) is 14.7 Å². The SMILES string of the molecule is CCNC(=O)Nc1cc(-c2nc(CC)cs2)c(-c2cccc(C(=O)O)c2)cn1. The lowest BCUT2D eigenvalue weighted by atomic mass is 10.00. The van der Waals surface area contributed by atoms with Crippen molar-refractivity contribution in [2.45, 2.75) is 20.3 Å². The highest BCUT2D eigenvalue weighted by molar-refractivity contribution is 7.13. The van der Waals surface area contributed by atoms with Crippen molar-refractivity contribution >= 4 is 29.2 Å². The summed E-state index contributed by atoms with van der Waals surface area (Å²) in [7, 11) is 0. The summed E-state index contributed by atoms with van der Waals surface area (Å²) in [4.78, 5) is 32.2. The van der Waals surface area contributed by atoms with Gasteiger partial charge in [-0.3, -0.25) is 5.32 Å². The number of carboxylic acids is 1. The Labute approximate surface area is 166 Å². The normalized spacial score (nSPS) is 10.5. The molecule has 144 valence electrons. The molecule has 0 fully saturated rings. The molecule has 0 aliphatic rings. The third-order valence-electron chi connectivity index (χ3n) is 4.05. The summed E-state index contributed by atoms with van der Waals surface area (Å²) in [5.41, 5.74) is 3.43. The summed E-state index contributed by atoms with van der Waals surface area (Å²) in [6, 6.07) is 8.10. The van der Waals surface area contributed by atoms with E-state index >= 15 is 0 Å². The van der Waals surface area contributed by atoms with E-state index in [1.807, 2.05) is 25.3 Å². The van der Waals surface area contributed by atoms with Gasteiger partial charge in [0.25, 0.3) is 0 Å². The van der Waals surface area contributed by atoms with Crippen LogP contribution in [0.3, 0.4) is 0 Å². The topological polar surface area (TPSA) is 104 Å². The van der Waals surface area contributed by atoms with Crippen molar-refractivity contribution in [1.29, 1.82) is 0 Å². The van der Waals surface area contributed by atoms with Crippen LogP contribution in [0.5, 0.6) is 0 Å². The van der Waals surface area contributed by atoms with Crippen molar-refractivity contribution in [2.75, 3.05) is 11.9 Å². The third kappa shape index (κ3) is 4.34. The number of benzene rings is 1. The lowest BCUT2D eigenvalue weighted by Gasteiger charge is -2.11. The van der Waals surface area contributed by atoms with Crippen LogP contribution in [-0.2, 0) is 6.42 Å². The Hall–Kier alpha value is -3.26. The van der Waals surface area contributed by atoms with Crippen molar-refractivity contribution in [1.82, 2.24) is 15.3 Å². The molecular weight excluding hydrogens is 376 g/mol. The summed E-state index contributed by atoms with van der Waals surface area (Å²) in [5.74, 6) is -0.597. The van der Waals surface area contributed by atoms with E-state index in [4.69, 9.17) is 0 Å². The Kier molecular flexibility index (Phi) is 6.00. The van der Waals surface area contributed by atoms with Gasteiger partial charge in [0.15, 0.2) is 0 Å². The first kappa shape index (κ1) is 19.5. The molecule has 0 saturated carbocycles. The lowest BCUT2D eigenvalue weighted by molar-refractivity contribution is 0.0697. The monoisotopic (exact) mass is 396 g/mol. The molecule has 0 atom stereocenters. The van der Waals surface area contributed by atoms with Crippen LogP contribution in [-0.4, -0.2) is 33.6 Å². The third-order valence-corrected chi connectivity index (χ3v) is 4.97. The summed E-state index contributed by atoms with van der Waals surface area (Å²) in [6.45, 7) is 4.37. The first-order valence-corrected chi connectivity index (χ1v) is 9.73. The number of hydrogen-bond acceptors (Lipinski definition) is 5. The second-order valence-corrected chi connectivity index (χ2v) is 6.84. The Morgan fingerprint density at radius 2 is 2.00 bits per heavy atom. The molecule has 3 N–H and O–H groups in total. The summed E-state index contributed by atoms with van der Waals surface area (Å²) >= 11 is 1.50. The van der Waals surface area contributed by atoms with Crippen molar-refractivity contribution < 1.29 is 14.7 Å². The number of carbonyl (C=O) groups is 2. The van der Waals surface area contributed by atoms with E-state index in [2.05, 4.69) is 20.6 Å². The molecule has 7 nitrogen and oxygen atoms in total. The molecule has 2 amide bonds.